The van der Waals surface area contributed by atoms with Crippen molar-refractivity contribution >= 4 is 5.97 Å². The van der Waals surface area contributed by atoms with Crippen LogP contribution < -0.4 is 0 Å². The minimum Gasteiger partial charge on any atom is -0.459 e. The zero-order valence-electron chi connectivity index (χ0n) is 15.4. The molecule has 24 heavy (non-hydrogen) atoms. The number of fused-ring (bicyclic) bond motifs is 2. The number of aliphatic hydroxyl groups excluding tert-OH is 1. The molecule has 1 fully saturated rings. The van der Waals surface area contributed by atoms with E-state index in [1.165, 1.54) is 5.57 Å². The maximum Gasteiger partial charge on any atom is 0.309 e. The molecule has 1 heterocycles. The molecule has 4 heteroatoms. The molecule has 136 valence electrons. The van der Waals surface area contributed by atoms with Crippen LogP contribution in [0.15, 0.2) is 23.3 Å². The van der Waals surface area contributed by atoms with E-state index in [-0.39, 0.29) is 17.8 Å². The molecule has 0 saturated carbocycles. The van der Waals surface area contributed by atoms with E-state index in [4.69, 9.17) is 4.74 Å². The normalized spacial score (nSPS) is 43.7. The summed E-state index contributed by atoms with van der Waals surface area (Å²) in [6.45, 7) is 7.68. The van der Waals surface area contributed by atoms with Crippen LogP contribution in [0, 0.1) is 11.8 Å². The van der Waals surface area contributed by atoms with E-state index < -0.39 is 17.8 Å². The van der Waals surface area contributed by atoms with Gasteiger partial charge >= 0.3 is 5.97 Å². The zero-order valence-corrected chi connectivity index (χ0v) is 15.4. The third-order valence-corrected chi connectivity index (χ3v) is 5.77. The largest absolute Gasteiger partial charge is 0.459 e. The molecule has 0 aromatic heterocycles. The summed E-state index contributed by atoms with van der Waals surface area (Å²) in [4.78, 5) is 12.2. The number of hydrogen-bond acceptors (Lipinski definition) is 4. The van der Waals surface area contributed by atoms with Gasteiger partial charge in [0.15, 0.2) is 0 Å². The molecule has 2 aliphatic rings. The standard InChI is InChI=1S/C20H32O4/c1-13-6-5-11-20(4,23)18-12-16(15(3)19(22)24-18)9-8-14(2)17(21)10-7-13/h6,8,15-18,21,23H,5,7,9-12H2,1-4H3/b13-6+,14-8+/t15-,16+,17-,18-,20-/m0/s1. The Morgan fingerprint density at radius 1 is 1.29 bits per heavy atom. The smallest absolute Gasteiger partial charge is 0.309 e. The Labute approximate surface area is 145 Å². The van der Waals surface area contributed by atoms with Crippen LogP contribution in [0.3, 0.4) is 0 Å². The lowest BCUT2D eigenvalue weighted by Gasteiger charge is -2.40. The number of carbonyl (C=O) groups is 1. The second kappa shape index (κ2) is 7.83. The van der Waals surface area contributed by atoms with Crippen LogP contribution in [0.25, 0.3) is 0 Å². The Morgan fingerprint density at radius 3 is 2.71 bits per heavy atom. The first-order valence-corrected chi connectivity index (χ1v) is 9.14. The average Bonchev–Trinajstić information content (AvgIpc) is 2.52. The summed E-state index contributed by atoms with van der Waals surface area (Å²) in [6, 6.07) is 0. The number of hydrogen-bond donors (Lipinski definition) is 2. The fourth-order valence-corrected chi connectivity index (χ4v) is 3.59. The molecule has 5 atom stereocenters. The zero-order chi connectivity index (χ0) is 17.9. The maximum atomic E-state index is 12.2. The molecule has 0 unspecified atom stereocenters. The van der Waals surface area contributed by atoms with Crippen LogP contribution in [-0.2, 0) is 9.53 Å². The van der Waals surface area contributed by atoms with Gasteiger partial charge in [-0.3, -0.25) is 4.79 Å². The van der Waals surface area contributed by atoms with Gasteiger partial charge in [-0.05, 0) is 70.8 Å². The number of allylic oxidation sites excluding steroid dienone is 3. The summed E-state index contributed by atoms with van der Waals surface area (Å²) in [6.07, 6.45) is 7.58. The van der Waals surface area contributed by atoms with Gasteiger partial charge in [0.2, 0.25) is 0 Å². The molecule has 1 aliphatic carbocycles. The van der Waals surface area contributed by atoms with Gasteiger partial charge in [0, 0.05) is 0 Å². The molecule has 1 aliphatic heterocycles. The molecule has 0 spiro atoms. The van der Waals surface area contributed by atoms with Crippen molar-refractivity contribution in [3.05, 3.63) is 23.3 Å². The number of rotatable bonds is 0. The van der Waals surface area contributed by atoms with E-state index in [2.05, 4.69) is 19.1 Å². The van der Waals surface area contributed by atoms with E-state index in [9.17, 15) is 15.0 Å². The molecule has 0 amide bonds. The summed E-state index contributed by atoms with van der Waals surface area (Å²) in [5.41, 5.74) is 1.18. The summed E-state index contributed by atoms with van der Waals surface area (Å²) >= 11 is 0. The van der Waals surface area contributed by atoms with Crippen molar-refractivity contribution in [3.8, 4) is 0 Å². The second-order valence-electron chi connectivity index (χ2n) is 7.89. The Balaban J connectivity index is 2.25. The van der Waals surface area contributed by atoms with E-state index in [0.29, 0.717) is 19.3 Å². The van der Waals surface area contributed by atoms with Crippen molar-refractivity contribution < 1.29 is 19.7 Å². The highest BCUT2D eigenvalue weighted by Crippen LogP contribution is 2.36. The SMILES string of the molecule is C/C1=C\CC[C@](C)(O)[C@@H]2C[C@@H](C/C=C(\C)[C@@H](O)CC1)[C@H](C)C(=O)O2. The molecular formula is C20H32O4. The Hall–Kier alpha value is -1.13. The van der Waals surface area contributed by atoms with Gasteiger partial charge in [0.1, 0.15) is 6.10 Å². The molecule has 1 saturated heterocycles. The van der Waals surface area contributed by atoms with E-state index in [1.807, 2.05) is 13.8 Å². The predicted octanol–water partition coefficient (Wildman–Crippen LogP) is 3.52. The molecule has 4 nitrogen and oxygen atoms in total. The third kappa shape index (κ3) is 4.70. The first kappa shape index (κ1) is 19.2. The third-order valence-electron chi connectivity index (χ3n) is 5.77. The van der Waals surface area contributed by atoms with Crippen LogP contribution >= 0.6 is 0 Å². The fraction of sp³-hybridized carbons (Fsp3) is 0.750. The average molecular weight is 336 g/mol. The lowest BCUT2D eigenvalue weighted by Crippen LogP contribution is -2.49. The number of esters is 1. The van der Waals surface area contributed by atoms with Crippen molar-refractivity contribution in [3.63, 3.8) is 0 Å². The van der Waals surface area contributed by atoms with Crippen molar-refractivity contribution in [2.24, 2.45) is 11.8 Å². The lowest BCUT2D eigenvalue weighted by atomic mass is 9.78. The highest BCUT2D eigenvalue weighted by Gasteiger charge is 2.43. The van der Waals surface area contributed by atoms with Crippen molar-refractivity contribution in [2.45, 2.75) is 84.0 Å². The maximum absolute atomic E-state index is 12.2. The summed E-state index contributed by atoms with van der Waals surface area (Å²) < 4.78 is 5.54. The van der Waals surface area contributed by atoms with Gasteiger partial charge in [-0.2, -0.15) is 0 Å². The van der Waals surface area contributed by atoms with Crippen LogP contribution in [0.1, 0.15) is 66.2 Å². The minimum absolute atomic E-state index is 0.144. The van der Waals surface area contributed by atoms with Crippen LogP contribution in [-0.4, -0.2) is 34.0 Å². The van der Waals surface area contributed by atoms with E-state index >= 15 is 0 Å². The molecule has 2 rings (SSSR count). The molecular weight excluding hydrogens is 304 g/mol. The molecule has 2 N–H and O–H groups in total. The minimum atomic E-state index is -1.01. The van der Waals surface area contributed by atoms with Gasteiger partial charge in [0.25, 0.3) is 0 Å². The lowest BCUT2D eigenvalue weighted by molar-refractivity contribution is -0.183. The number of carbonyl (C=O) groups excluding carboxylic acids is 1. The Kier molecular flexibility index (Phi) is 6.27. The van der Waals surface area contributed by atoms with Crippen molar-refractivity contribution in [1.29, 1.82) is 0 Å². The monoisotopic (exact) mass is 336 g/mol. The van der Waals surface area contributed by atoms with Crippen molar-refractivity contribution in [1.82, 2.24) is 0 Å². The summed E-state index contributed by atoms with van der Waals surface area (Å²) in [5.74, 6) is -0.250. The molecule has 0 aromatic rings. The van der Waals surface area contributed by atoms with Gasteiger partial charge in [-0.1, -0.05) is 24.6 Å². The molecule has 2 bridgehead atoms. The fourth-order valence-electron chi connectivity index (χ4n) is 3.59. The van der Waals surface area contributed by atoms with E-state index in [0.717, 1.165) is 24.8 Å². The molecule has 0 radical (unpaired) electrons. The first-order valence-electron chi connectivity index (χ1n) is 9.14. The topological polar surface area (TPSA) is 66.8 Å². The van der Waals surface area contributed by atoms with Crippen molar-refractivity contribution in [2.75, 3.05) is 0 Å². The van der Waals surface area contributed by atoms with Gasteiger partial charge in [-0.15, -0.1) is 0 Å². The van der Waals surface area contributed by atoms with Gasteiger partial charge < -0.3 is 14.9 Å². The Bertz CT molecular complexity index is 518. The number of ether oxygens (including phenoxy) is 1. The summed E-state index contributed by atoms with van der Waals surface area (Å²) in [7, 11) is 0. The highest BCUT2D eigenvalue weighted by molar-refractivity contribution is 5.73. The van der Waals surface area contributed by atoms with Crippen LogP contribution in [0.2, 0.25) is 0 Å². The highest BCUT2D eigenvalue weighted by atomic mass is 16.6. The summed E-state index contributed by atoms with van der Waals surface area (Å²) in [5, 5.41) is 21.1. The second-order valence-corrected chi connectivity index (χ2v) is 7.89. The van der Waals surface area contributed by atoms with Gasteiger partial charge in [-0.25, -0.2) is 0 Å². The first-order chi connectivity index (χ1) is 11.2. The van der Waals surface area contributed by atoms with Crippen LogP contribution in [0.5, 0.6) is 0 Å². The number of aliphatic hydroxyl groups is 2. The Morgan fingerprint density at radius 2 is 2.00 bits per heavy atom. The van der Waals surface area contributed by atoms with Gasteiger partial charge in [0.05, 0.1) is 17.6 Å². The quantitative estimate of drug-likeness (QED) is 0.525. The predicted molar refractivity (Wildman–Crippen MR) is 94.4 cm³/mol. The van der Waals surface area contributed by atoms with E-state index in [1.54, 1.807) is 6.92 Å². The van der Waals surface area contributed by atoms with Crippen LogP contribution in [0.4, 0.5) is 0 Å². The molecule has 0 aromatic carbocycles.